The van der Waals surface area contributed by atoms with Gasteiger partial charge in [0.15, 0.2) is 0 Å². The van der Waals surface area contributed by atoms with Gasteiger partial charge in [-0.05, 0) is 49.8 Å². The van der Waals surface area contributed by atoms with E-state index in [1.54, 1.807) is 10.9 Å². The summed E-state index contributed by atoms with van der Waals surface area (Å²) in [5.74, 6) is -0.140. The fraction of sp³-hybridized carbons (Fsp3) is 0.450. The molecule has 0 bridgehead atoms. The van der Waals surface area contributed by atoms with Crippen LogP contribution in [0.1, 0.15) is 25.7 Å². The van der Waals surface area contributed by atoms with Crippen LogP contribution >= 0.6 is 0 Å². The van der Waals surface area contributed by atoms with Crippen LogP contribution in [0.25, 0.3) is 5.69 Å². The van der Waals surface area contributed by atoms with E-state index in [1.165, 1.54) is 12.8 Å². The number of hydrogen-bond acceptors (Lipinski definition) is 4. The number of aromatic nitrogens is 2. The number of urea groups is 1. The van der Waals surface area contributed by atoms with Gasteiger partial charge in [-0.3, -0.25) is 9.69 Å². The van der Waals surface area contributed by atoms with Crippen molar-refractivity contribution in [2.45, 2.75) is 37.8 Å². The lowest BCUT2D eigenvalue weighted by Crippen LogP contribution is -2.55. The Morgan fingerprint density at radius 2 is 2.00 bits per heavy atom. The van der Waals surface area contributed by atoms with Crippen LogP contribution in [0.15, 0.2) is 42.7 Å². The molecule has 0 aliphatic heterocycles. The molecule has 8 heteroatoms. The van der Waals surface area contributed by atoms with E-state index in [2.05, 4.69) is 20.6 Å². The van der Waals surface area contributed by atoms with Crippen LogP contribution in [0.2, 0.25) is 0 Å². The van der Waals surface area contributed by atoms with E-state index in [9.17, 15) is 9.59 Å². The Balaban J connectivity index is 1.29. The van der Waals surface area contributed by atoms with Gasteiger partial charge in [0, 0.05) is 31.0 Å². The second kappa shape index (κ2) is 8.02. The molecule has 2 fully saturated rings. The number of carbonyl (C=O) groups excluding carboxylic acids is 1. The summed E-state index contributed by atoms with van der Waals surface area (Å²) in [7, 11) is 0. The van der Waals surface area contributed by atoms with E-state index >= 15 is 0 Å². The Morgan fingerprint density at radius 1 is 1.21 bits per heavy atom. The third-order valence-corrected chi connectivity index (χ3v) is 5.40. The molecular weight excluding hydrogens is 358 g/mol. The van der Waals surface area contributed by atoms with Crippen molar-refractivity contribution < 1.29 is 14.7 Å². The highest BCUT2D eigenvalue weighted by Crippen LogP contribution is 2.33. The molecule has 148 valence electrons. The number of carbonyl (C=O) groups is 2. The molecule has 8 nitrogen and oxygen atoms in total. The van der Waals surface area contributed by atoms with E-state index < -0.39 is 5.97 Å². The first-order valence-electron chi connectivity index (χ1n) is 9.71. The summed E-state index contributed by atoms with van der Waals surface area (Å²) in [5, 5.41) is 19.2. The molecular formula is C20H25N5O3. The third-order valence-electron chi connectivity index (χ3n) is 5.40. The van der Waals surface area contributed by atoms with Crippen LogP contribution in [0, 0.1) is 5.92 Å². The van der Waals surface area contributed by atoms with E-state index in [1.807, 2.05) is 36.5 Å². The molecule has 1 aromatic carbocycles. The lowest BCUT2D eigenvalue weighted by Gasteiger charge is -2.42. The molecule has 3 N–H and O–H groups in total. The van der Waals surface area contributed by atoms with Crippen molar-refractivity contribution in [2.75, 3.05) is 18.4 Å². The van der Waals surface area contributed by atoms with Crippen molar-refractivity contribution in [2.24, 2.45) is 5.92 Å². The van der Waals surface area contributed by atoms with Gasteiger partial charge >= 0.3 is 12.0 Å². The number of rotatable bonds is 8. The zero-order chi connectivity index (χ0) is 19.5. The number of carboxylic acid groups (broad SMARTS) is 1. The summed E-state index contributed by atoms with van der Waals surface area (Å²) < 4.78 is 1.71. The molecule has 28 heavy (non-hydrogen) atoms. The maximum Gasteiger partial charge on any atom is 0.319 e. The molecule has 2 aliphatic carbocycles. The summed E-state index contributed by atoms with van der Waals surface area (Å²) in [6, 6.07) is 9.37. The number of anilines is 1. The number of carboxylic acids is 1. The van der Waals surface area contributed by atoms with Gasteiger partial charge in [0.2, 0.25) is 0 Å². The van der Waals surface area contributed by atoms with Crippen molar-refractivity contribution in [3.8, 4) is 5.69 Å². The van der Waals surface area contributed by atoms with E-state index in [0.29, 0.717) is 11.6 Å². The minimum Gasteiger partial charge on any atom is -0.480 e. The average Bonchev–Trinajstić information content (AvgIpc) is 3.27. The average molecular weight is 383 g/mol. The minimum absolute atomic E-state index is 0.0670. The Bertz CT molecular complexity index is 828. The fourth-order valence-corrected chi connectivity index (χ4v) is 3.69. The van der Waals surface area contributed by atoms with Crippen LogP contribution < -0.4 is 10.6 Å². The first-order chi connectivity index (χ1) is 13.6. The zero-order valence-electron chi connectivity index (χ0n) is 15.6. The van der Waals surface area contributed by atoms with Crippen molar-refractivity contribution in [1.29, 1.82) is 0 Å². The van der Waals surface area contributed by atoms with Gasteiger partial charge in [0.1, 0.15) is 0 Å². The Morgan fingerprint density at radius 3 is 2.68 bits per heavy atom. The molecule has 2 amide bonds. The summed E-state index contributed by atoms with van der Waals surface area (Å²) >= 11 is 0. The van der Waals surface area contributed by atoms with Crippen LogP contribution in [0.4, 0.5) is 10.5 Å². The lowest BCUT2D eigenvalue weighted by molar-refractivity contribution is -0.139. The normalized spacial score (nSPS) is 21.2. The number of aliphatic carboxylic acids is 1. The van der Waals surface area contributed by atoms with E-state index in [0.717, 1.165) is 25.1 Å². The van der Waals surface area contributed by atoms with Gasteiger partial charge < -0.3 is 15.7 Å². The smallest absolute Gasteiger partial charge is 0.319 e. The van der Waals surface area contributed by atoms with Crippen LogP contribution in [-0.2, 0) is 4.79 Å². The Labute approximate surface area is 163 Å². The summed E-state index contributed by atoms with van der Waals surface area (Å²) in [6.07, 6.45) is 7.48. The molecule has 0 spiro atoms. The lowest BCUT2D eigenvalue weighted by atomic mass is 9.85. The molecule has 1 aromatic heterocycles. The highest BCUT2D eigenvalue weighted by atomic mass is 16.4. The number of hydrogen-bond donors (Lipinski definition) is 3. The highest BCUT2D eigenvalue weighted by Gasteiger charge is 2.37. The second-order valence-corrected chi connectivity index (χ2v) is 7.65. The molecule has 2 aliphatic rings. The van der Waals surface area contributed by atoms with Crippen molar-refractivity contribution in [3.05, 3.63) is 42.7 Å². The summed E-state index contributed by atoms with van der Waals surface area (Å²) in [5.41, 5.74) is 1.48. The molecule has 2 saturated carbocycles. The fourth-order valence-electron chi connectivity index (χ4n) is 3.69. The Hall–Kier alpha value is -2.87. The standard InChI is InChI=1S/C20H25N5O3/c26-19(27)13-24(12-14-6-7-14)16-10-15(11-16)22-20(28)23-17-4-1-2-5-18(17)25-9-3-8-21-25/h1-5,8-9,14-16H,6-7,10-13H2,(H,26,27)(H2,22,23,28). The Kier molecular flexibility index (Phi) is 5.29. The maximum absolute atomic E-state index is 12.4. The molecule has 1 heterocycles. The molecule has 0 unspecified atom stereocenters. The molecule has 2 aromatic rings. The number of nitrogens with zero attached hydrogens (tertiary/aromatic N) is 3. The number of para-hydroxylation sites is 2. The highest BCUT2D eigenvalue weighted by molar-refractivity contribution is 5.91. The topological polar surface area (TPSA) is 99.5 Å². The minimum atomic E-state index is -0.787. The summed E-state index contributed by atoms with van der Waals surface area (Å²) in [4.78, 5) is 25.6. The van der Waals surface area contributed by atoms with Gasteiger partial charge in [-0.25, -0.2) is 9.48 Å². The summed E-state index contributed by atoms with van der Waals surface area (Å²) in [6.45, 7) is 0.935. The van der Waals surface area contributed by atoms with E-state index in [4.69, 9.17) is 5.11 Å². The van der Waals surface area contributed by atoms with Gasteiger partial charge in [-0.2, -0.15) is 5.10 Å². The monoisotopic (exact) mass is 383 g/mol. The van der Waals surface area contributed by atoms with E-state index in [-0.39, 0.29) is 24.7 Å². The number of benzene rings is 1. The van der Waals surface area contributed by atoms with Crippen LogP contribution in [-0.4, -0.2) is 57.0 Å². The van der Waals surface area contributed by atoms with Crippen molar-refractivity contribution in [3.63, 3.8) is 0 Å². The predicted octanol–water partition coefficient (Wildman–Crippen LogP) is 2.32. The molecule has 0 radical (unpaired) electrons. The quantitative estimate of drug-likeness (QED) is 0.650. The zero-order valence-corrected chi connectivity index (χ0v) is 15.6. The molecule has 0 atom stereocenters. The van der Waals surface area contributed by atoms with Crippen LogP contribution in [0.5, 0.6) is 0 Å². The largest absolute Gasteiger partial charge is 0.480 e. The second-order valence-electron chi connectivity index (χ2n) is 7.65. The number of nitrogens with one attached hydrogen (secondary N) is 2. The predicted molar refractivity (Wildman–Crippen MR) is 104 cm³/mol. The van der Waals surface area contributed by atoms with Gasteiger partial charge in [0.25, 0.3) is 0 Å². The van der Waals surface area contributed by atoms with Gasteiger partial charge in [-0.1, -0.05) is 12.1 Å². The van der Waals surface area contributed by atoms with Gasteiger partial charge in [0.05, 0.1) is 17.9 Å². The third kappa shape index (κ3) is 4.51. The first kappa shape index (κ1) is 18.5. The first-order valence-corrected chi connectivity index (χ1v) is 9.71. The van der Waals surface area contributed by atoms with Crippen molar-refractivity contribution in [1.82, 2.24) is 20.0 Å². The van der Waals surface area contributed by atoms with Crippen molar-refractivity contribution >= 4 is 17.7 Å². The van der Waals surface area contributed by atoms with Gasteiger partial charge in [-0.15, -0.1) is 0 Å². The molecule has 0 saturated heterocycles. The van der Waals surface area contributed by atoms with Crippen LogP contribution in [0.3, 0.4) is 0 Å². The maximum atomic E-state index is 12.4. The molecule has 4 rings (SSSR count). The number of amides is 2. The SMILES string of the molecule is O=C(O)CN(CC1CC1)C1CC(NC(=O)Nc2ccccc2-n2cccn2)C1.